The minimum Gasteiger partial charge on any atom is -0.493 e. The molecule has 1 aliphatic carbocycles. The van der Waals surface area contributed by atoms with E-state index in [0.717, 1.165) is 12.0 Å². The van der Waals surface area contributed by atoms with E-state index in [0.29, 0.717) is 28.7 Å². The van der Waals surface area contributed by atoms with Crippen molar-refractivity contribution in [1.29, 1.82) is 0 Å². The first-order valence-corrected chi connectivity index (χ1v) is 10.1. The summed E-state index contributed by atoms with van der Waals surface area (Å²) in [6, 6.07) is 10.8. The number of benzene rings is 2. The Morgan fingerprint density at radius 1 is 1.03 bits per heavy atom. The molecule has 162 valence electrons. The molecule has 2 aromatic rings. The first-order valence-electron chi connectivity index (χ1n) is 9.39. The monoisotopic (exact) mass is 453 g/mol. The van der Waals surface area contributed by atoms with Crippen LogP contribution in [0.2, 0.25) is 0 Å². The maximum Gasteiger partial charge on any atom is 0.267 e. The van der Waals surface area contributed by atoms with Crippen molar-refractivity contribution >= 4 is 34.8 Å². The molecule has 0 heterocycles. The van der Waals surface area contributed by atoms with Crippen molar-refractivity contribution in [3.05, 3.63) is 42.0 Å². The highest BCUT2D eigenvalue weighted by Gasteiger charge is 2.52. The van der Waals surface area contributed by atoms with E-state index in [9.17, 15) is 4.79 Å². The van der Waals surface area contributed by atoms with Crippen LogP contribution in [0.15, 0.2) is 36.4 Å². The average Bonchev–Trinajstić information content (AvgIpc) is 3.35. The third-order valence-corrected chi connectivity index (χ3v) is 5.79. The van der Waals surface area contributed by atoms with Crippen LogP contribution < -0.4 is 24.3 Å². The first-order chi connectivity index (χ1) is 14.1. The molecule has 0 unspecified atom stereocenters. The summed E-state index contributed by atoms with van der Waals surface area (Å²) in [7, 11) is 4.55. The Morgan fingerprint density at radius 3 is 2.00 bits per heavy atom. The zero-order valence-electron chi connectivity index (χ0n) is 17.5. The van der Waals surface area contributed by atoms with Crippen molar-refractivity contribution < 1.29 is 23.7 Å². The van der Waals surface area contributed by atoms with Gasteiger partial charge in [-0.05, 0) is 38.0 Å². The molecular formula is C22H25Cl2NO5. The Bertz CT molecular complexity index is 903. The van der Waals surface area contributed by atoms with Gasteiger partial charge in [-0.25, -0.2) is 0 Å². The Labute approximate surface area is 186 Å². The predicted molar refractivity (Wildman–Crippen MR) is 118 cm³/mol. The molecule has 1 atom stereocenters. The topological polar surface area (TPSA) is 66.0 Å². The lowest BCUT2D eigenvalue weighted by atomic mass is 10.1. The number of rotatable bonds is 8. The quantitative estimate of drug-likeness (QED) is 0.558. The number of alkyl halides is 2. The number of nitrogens with one attached hydrogen (secondary N) is 1. The SMILES string of the molecule is COc1cc(NC(=O)C(C)(C)Oc2ccc([C@H]3CC3(Cl)Cl)cc2)cc(OC)c1OC. The van der Waals surface area contributed by atoms with Crippen LogP contribution in [0, 0.1) is 0 Å². The van der Waals surface area contributed by atoms with E-state index in [2.05, 4.69) is 5.32 Å². The zero-order chi connectivity index (χ0) is 22.1. The number of hydrogen-bond acceptors (Lipinski definition) is 5. The second-order valence-corrected chi connectivity index (χ2v) is 9.11. The van der Waals surface area contributed by atoms with Crippen molar-refractivity contribution in [2.75, 3.05) is 26.6 Å². The van der Waals surface area contributed by atoms with E-state index >= 15 is 0 Å². The van der Waals surface area contributed by atoms with Crippen LogP contribution in [0.25, 0.3) is 0 Å². The lowest BCUT2D eigenvalue weighted by molar-refractivity contribution is -0.128. The molecule has 1 N–H and O–H groups in total. The van der Waals surface area contributed by atoms with Gasteiger partial charge < -0.3 is 24.3 Å². The summed E-state index contributed by atoms with van der Waals surface area (Å²) in [5.74, 6) is 1.70. The molecule has 0 radical (unpaired) electrons. The molecule has 8 heteroatoms. The summed E-state index contributed by atoms with van der Waals surface area (Å²) in [5.41, 5.74) is 0.410. The summed E-state index contributed by atoms with van der Waals surface area (Å²) < 4.78 is 21.2. The van der Waals surface area contributed by atoms with E-state index in [1.165, 1.54) is 21.3 Å². The minimum atomic E-state index is -1.13. The third kappa shape index (κ3) is 4.71. The summed E-state index contributed by atoms with van der Waals surface area (Å²) in [5, 5.41) is 2.84. The van der Waals surface area contributed by atoms with Gasteiger partial charge in [-0.2, -0.15) is 0 Å². The van der Waals surface area contributed by atoms with Crippen LogP contribution in [0.1, 0.15) is 31.7 Å². The van der Waals surface area contributed by atoms with Gasteiger partial charge in [-0.3, -0.25) is 4.79 Å². The summed E-state index contributed by atoms with van der Waals surface area (Å²) in [6.07, 6.45) is 0.735. The highest BCUT2D eigenvalue weighted by Crippen LogP contribution is 2.59. The van der Waals surface area contributed by atoms with Gasteiger partial charge in [0.25, 0.3) is 5.91 Å². The Hall–Kier alpha value is -2.31. The lowest BCUT2D eigenvalue weighted by Crippen LogP contribution is -2.42. The number of carbonyl (C=O) groups excluding carboxylic acids is 1. The van der Waals surface area contributed by atoms with Crippen LogP contribution >= 0.6 is 23.2 Å². The molecule has 0 spiro atoms. The lowest BCUT2D eigenvalue weighted by Gasteiger charge is -2.26. The second-order valence-electron chi connectivity index (χ2n) is 7.57. The van der Waals surface area contributed by atoms with Crippen LogP contribution in [-0.4, -0.2) is 37.2 Å². The molecule has 1 saturated carbocycles. The molecule has 1 amide bonds. The van der Waals surface area contributed by atoms with Crippen molar-refractivity contribution in [3.63, 3.8) is 0 Å². The molecule has 0 saturated heterocycles. The maximum absolute atomic E-state index is 12.9. The molecule has 2 aromatic carbocycles. The molecule has 1 aliphatic rings. The smallest absolute Gasteiger partial charge is 0.267 e. The largest absolute Gasteiger partial charge is 0.493 e. The molecule has 0 bridgehead atoms. The average molecular weight is 454 g/mol. The van der Waals surface area contributed by atoms with Crippen molar-refractivity contribution in [1.82, 2.24) is 0 Å². The van der Waals surface area contributed by atoms with Gasteiger partial charge in [-0.1, -0.05) is 12.1 Å². The number of halogens is 2. The van der Waals surface area contributed by atoms with E-state index in [1.807, 2.05) is 24.3 Å². The highest BCUT2D eigenvalue weighted by atomic mass is 35.5. The van der Waals surface area contributed by atoms with E-state index in [4.69, 9.17) is 42.1 Å². The molecule has 0 aromatic heterocycles. The standard InChI is InChI=1S/C22H25Cl2NO5/c1-21(2,30-15-8-6-13(7-9-15)16-12-22(16,23)24)20(26)25-14-10-17(27-3)19(29-5)18(11-14)28-4/h6-11,16H,12H2,1-5H3,(H,25,26)/t16-/m1/s1. The van der Waals surface area contributed by atoms with Gasteiger partial charge in [0.15, 0.2) is 17.1 Å². The third-order valence-electron chi connectivity index (χ3n) is 4.95. The van der Waals surface area contributed by atoms with Crippen molar-refractivity contribution in [2.45, 2.75) is 36.1 Å². The Balaban J connectivity index is 1.71. The van der Waals surface area contributed by atoms with Gasteiger partial charge in [0, 0.05) is 23.7 Å². The van der Waals surface area contributed by atoms with Crippen LogP contribution in [0.4, 0.5) is 5.69 Å². The molecule has 30 heavy (non-hydrogen) atoms. The number of amides is 1. The highest BCUT2D eigenvalue weighted by molar-refractivity contribution is 6.51. The summed E-state index contributed by atoms with van der Waals surface area (Å²) in [4.78, 5) is 12.9. The fraction of sp³-hybridized carbons (Fsp3) is 0.409. The number of hydrogen-bond donors (Lipinski definition) is 1. The Kier molecular flexibility index (Phi) is 6.29. The second kappa shape index (κ2) is 8.44. The van der Waals surface area contributed by atoms with E-state index < -0.39 is 9.93 Å². The number of anilines is 1. The summed E-state index contributed by atoms with van der Waals surface area (Å²) >= 11 is 12.2. The van der Waals surface area contributed by atoms with Gasteiger partial charge in [0.2, 0.25) is 5.75 Å². The van der Waals surface area contributed by atoms with E-state index in [-0.39, 0.29) is 11.8 Å². The summed E-state index contributed by atoms with van der Waals surface area (Å²) in [6.45, 7) is 3.38. The normalized spacial score (nSPS) is 17.1. The van der Waals surface area contributed by atoms with E-state index in [1.54, 1.807) is 26.0 Å². The van der Waals surface area contributed by atoms with Gasteiger partial charge in [-0.15, -0.1) is 23.2 Å². The predicted octanol–water partition coefficient (Wildman–Crippen LogP) is 5.17. The first kappa shape index (κ1) is 22.4. The minimum absolute atomic E-state index is 0.131. The van der Waals surface area contributed by atoms with Crippen molar-refractivity contribution in [3.8, 4) is 23.0 Å². The van der Waals surface area contributed by atoms with Gasteiger partial charge in [0.1, 0.15) is 10.1 Å². The fourth-order valence-electron chi connectivity index (χ4n) is 3.12. The molecule has 0 aliphatic heterocycles. The van der Waals surface area contributed by atoms with Crippen LogP contribution in [0.5, 0.6) is 23.0 Å². The van der Waals surface area contributed by atoms with Gasteiger partial charge in [0.05, 0.1) is 21.3 Å². The molecule has 6 nitrogen and oxygen atoms in total. The van der Waals surface area contributed by atoms with Crippen LogP contribution in [-0.2, 0) is 4.79 Å². The molecule has 3 rings (SSSR count). The van der Waals surface area contributed by atoms with Gasteiger partial charge >= 0.3 is 0 Å². The molecule has 1 fully saturated rings. The number of carbonyl (C=O) groups is 1. The number of ether oxygens (including phenoxy) is 4. The Morgan fingerprint density at radius 2 is 1.57 bits per heavy atom. The maximum atomic E-state index is 12.9. The number of methoxy groups -OCH3 is 3. The van der Waals surface area contributed by atoms with Crippen molar-refractivity contribution in [2.24, 2.45) is 0 Å². The van der Waals surface area contributed by atoms with Crippen LogP contribution in [0.3, 0.4) is 0 Å². The zero-order valence-corrected chi connectivity index (χ0v) is 19.1. The molecular weight excluding hydrogens is 429 g/mol. The fourth-order valence-corrected chi connectivity index (χ4v) is 3.68.